The fourth-order valence-corrected chi connectivity index (χ4v) is 3.48. The average molecular weight is 430 g/mol. The van der Waals surface area contributed by atoms with Gasteiger partial charge in [0.25, 0.3) is 11.8 Å². The highest BCUT2D eigenvalue weighted by Gasteiger charge is 2.25. The number of carbonyl (C=O) groups is 2. The van der Waals surface area contributed by atoms with Crippen molar-refractivity contribution < 1.29 is 14.3 Å². The van der Waals surface area contributed by atoms with Crippen molar-refractivity contribution in [2.45, 2.75) is 31.8 Å². The van der Waals surface area contributed by atoms with Crippen LogP contribution in [0.1, 0.15) is 40.4 Å². The van der Waals surface area contributed by atoms with E-state index in [4.69, 9.17) is 4.74 Å². The van der Waals surface area contributed by atoms with Gasteiger partial charge in [0.15, 0.2) is 0 Å². The zero-order valence-electron chi connectivity index (χ0n) is 18.2. The lowest BCUT2D eigenvalue weighted by molar-refractivity contribution is -0.117. The molecule has 6 nitrogen and oxygen atoms in total. The SMILES string of the molecule is COc1ccc(C)cc1NC(=O)C(Nc1cccc(C(=O)NC2CC2)c1)c1ccccc1. The standard InChI is InChI=1S/C26H27N3O3/c1-17-11-14-23(32-2)22(15-17)29-26(31)24(18-7-4-3-5-8-18)27-21-10-6-9-19(16-21)25(30)28-20-12-13-20/h3-11,14-16,20,24,27H,12-13H2,1-2H3,(H,28,30)(H,29,31). The molecular weight excluding hydrogens is 402 g/mol. The summed E-state index contributed by atoms with van der Waals surface area (Å²) in [4.78, 5) is 25.8. The number of anilines is 2. The van der Waals surface area contributed by atoms with E-state index in [1.54, 1.807) is 19.2 Å². The Morgan fingerprint density at radius 2 is 1.75 bits per heavy atom. The molecule has 3 aromatic rings. The van der Waals surface area contributed by atoms with Gasteiger partial charge in [-0.2, -0.15) is 0 Å². The van der Waals surface area contributed by atoms with Gasteiger partial charge in [0.1, 0.15) is 11.8 Å². The monoisotopic (exact) mass is 429 g/mol. The molecular formula is C26H27N3O3. The van der Waals surface area contributed by atoms with E-state index in [0.717, 1.165) is 24.0 Å². The van der Waals surface area contributed by atoms with Gasteiger partial charge < -0.3 is 20.7 Å². The molecule has 6 heteroatoms. The summed E-state index contributed by atoms with van der Waals surface area (Å²) in [6, 6.07) is 22.0. The van der Waals surface area contributed by atoms with Crippen LogP contribution in [-0.2, 0) is 4.79 Å². The molecule has 32 heavy (non-hydrogen) atoms. The van der Waals surface area contributed by atoms with Crippen molar-refractivity contribution in [1.29, 1.82) is 0 Å². The van der Waals surface area contributed by atoms with Crippen LogP contribution in [0.4, 0.5) is 11.4 Å². The predicted molar refractivity (Wildman–Crippen MR) is 126 cm³/mol. The third-order valence-corrected chi connectivity index (χ3v) is 5.36. The molecule has 2 amide bonds. The van der Waals surface area contributed by atoms with Crippen LogP contribution in [-0.4, -0.2) is 25.0 Å². The van der Waals surface area contributed by atoms with Crippen molar-refractivity contribution in [3.63, 3.8) is 0 Å². The minimum absolute atomic E-state index is 0.0960. The van der Waals surface area contributed by atoms with E-state index in [0.29, 0.717) is 22.7 Å². The summed E-state index contributed by atoms with van der Waals surface area (Å²) < 4.78 is 5.40. The van der Waals surface area contributed by atoms with Crippen molar-refractivity contribution in [3.8, 4) is 5.75 Å². The van der Waals surface area contributed by atoms with Crippen LogP contribution in [0.2, 0.25) is 0 Å². The Labute approximate surface area is 188 Å². The second kappa shape index (κ2) is 9.56. The van der Waals surface area contributed by atoms with E-state index in [9.17, 15) is 9.59 Å². The first-order valence-electron chi connectivity index (χ1n) is 10.7. The molecule has 0 aliphatic heterocycles. The van der Waals surface area contributed by atoms with Crippen molar-refractivity contribution >= 4 is 23.2 Å². The molecule has 164 valence electrons. The number of rotatable bonds is 8. The fraction of sp³-hybridized carbons (Fsp3) is 0.231. The minimum atomic E-state index is -0.664. The molecule has 1 atom stereocenters. The highest BCUT2D eigenvalue weighted by atomic mass is 16.5. The Kier molecular flexibility index (Phi) is 6.40. The molecule has 0 spiro atoms. The maximum atomic E-state index is 13.4. The minimum Gasteiger partial charge on any atom is -0.495 e. The van der Waals surface area contributed by atoms with Crippen molar-refractivity contribution in [2.24, 2.45) is 0 Å². The third-order valence-electron chi connectivity index (χ3n) is 5.36. The largest absolute Gasteiger partial charge is 0.495 e. The van der Waals surface area contributed by atoms with Crippen LogP contribution < -0.4 is 20.7 Å². The summed E-state index contributed by atoms with van der Waals surface area (Å²) in [6.45, 7) is 1.96. The molecule has 1 aliphatic rings. The smallest absolute Gasteiger partial charge is 0.251 e. The van der Waals surface area contributed by atoms with Crippen LogP contribution in [0.5, 0.6) is 5.75 Å². The number of hydrogen-bond donors (Lipinski definition) is 3. The van der Waals surface area contributed by atoms with Gasteiger partial charge in [-0.1, -0.05) is 42.5 Å². The lowest BCUT2D eigenvalue weighted by Gasteiger charge is -2.21. The van der Waals surface area contributed by atoms with Gasteiger partial charge in [-0.15, -0.1) is 0 Å². The molecule has 1 aliphatic carbocycles. The van der Waals surface area contributed by atoms with Gasteiger partial charge in [-0.25, -0.2) is 0 Å². The first kappa shape index (κ1) is 21.4. The van der Waals surface area contributed by atoms with E-state index >= 15 is 0 Å². The summed E-state index contributed by atoms with van der Waals surface area (Å²) in [5.41, 5.74) is 3.69. The molecule has 3 N–H and O–H groups in total. The molecule has 0 heterocycles. The molecule has 1 unspecified atom stereocenters. The maximum Gasteiger partial charge on any atom is 0.251 e. The van der Waals surface area contributed by atoms with Crippen LogP contribution in [0.15, 0.2) is 72.8 Å². The fourth-order valence-electron chi connectivity index (χ4n) is 3.48. The van der Waals surface area contributed by atoms with Gasteiger partial charge >= 0.3 is 0 Å². The van der Waals surface area contributed by atoms with E-state index in [-0.39, 0.29) is 17.9 Å². The van der Waals surface area contributed by atoms with E-state index in [1.165, 1.54) is 0 Å². The molecule has 1 saturated carbocycles. The number of aryl methyl sites for hydroxylation is 1. The average Bonchev–Trinajstić information content (AvgIpc) is 3.62. The van der Waals surface area contributed by atoms with Crippen molar-refractivity contribution in [3.05, 3.63) is 89.5 Å². The molecule has 0 radical (unpaired) electrons. The maximum absolute atomic E-state index is 13.4. The van der Waals surface area contributed by atoms with Gasteiger partial charge in [0.05, 0.1) is 12.8 Å². The quantitative estimate of drug-likeness (QED) is 0.485. The van der Waals surface area contributed by atoms with Crippen molar-refractivity contribution in [1.82, 2.24) is 5.32 Å². The van der Waals surface area contributed by atoms with Crippen LogP contribution in [0.3, 0.4) is 0 Å². The van der Waals surface area contributed by atoms with Crippen LogP contribution >= 0.6 is 0 Å². The topological polar surface area (TPSA) is 79.5 Å². The Morgan fingerprint density at radius 3 is 2.47 bits per heavy atom. The van der Waals surface area contributed by atoms with Gasteiger partial charge in [-0.05, 0) is 61.2 Å². The molecule has 0 saturated heterocycles. The Balaban J connectivity index is 1.58. The summed E-state index contributed by atoms with van der Waals surface area (Å²) in [5.74, 6) is 0.267. The van der Waals surface area contributed by atoms with Crippen LogP contribution in [0.25, 0.3) is 0 Å². The van der Waals surface area contributed by atoms with Crippen molar-refractivity contribution in [2.75, 3.05) is 17.7 Å². The number of nitrogens with one attached hydrogen (secondary N) is 3. The summed E-state index contributed by atoms with van der Waals surface area (Å²) in [6.07, 6.45) is 2.06. The number of methoxy groups -OCH3 is 1. The van der Waals surface area contributed by atoms with Gasteiger partial charge in [0.2, 0.25) is 0 Å². The Bertz CT molecular complexity index is 1110. The number of hydrogen-bond acceptors (Lipinski definition) is 4. The lowest BCUT2D eigenvalue weighted by Crippen LogP contribution is -2.28. The number of amides is 2. The summed E-state index contributed by atoms with van der Waals surface area (Å²) in [7, 11) is 1.57. The number of ether oxygens (including phenoxy) is 1. The molecule has 3 aromatic carbocycles. The number of benzene rings is 3. The molecule has 0 bridgehead atoms. The second-order valence-corrected chi connectivity index (χ2v) is 8.01. The predicted octanol–water partition coefficient (Wildman–Crippen LogP) is 4.69. The zero-order chi connectivity index (χ0) is 22.5. The Hall–Kier alpha value is -3.80. The zero-order valence-corrected chi connectivity index (χ0v) is 18.2. The molecule has 4 rings (SSSR count). The Morgan fingerprint density at radius 1 is 0.969 bits per heavy atom. The van der Waals surface area contributed by atoms with E-state index in [2.05, 4.69) is 16.0 Å². The highest BCUT2D eigenvalue weighted by Crippen LogP contribution is 2.28. The van der Waals surface area contributed by atoms with Gasteiger partial charge in [-0.3, -0.25) is 9.59 Å². The van der Waals surface area contributed by atoms with E-state index < -0.39 is 6.04 Å². The normalized spacial score (nSPS) is 13.7. The lowest BCUT2D eigenvalue weighted by atomic mass is 10.0. The van der Waals surface area contributed by atoms with Gasteiger partial charge in [0, 0.05) is 17.3 Å². The summed E-state index contributed by atoms with van der Waals surface area (Å²) >= 11 is 0. The molecule has 1 fully saturated rings. The first-order valence-corrected chi connectivity index (χ1v) is 10.7. The highest BCUT2D eigenvalue weighted by molar-refractivity contribution is 5.99. The van der Waals surface area contributed by atoms with E-state index in [1.807, 2.05) is 67.6 Å². The number of carbonyl (C=O) groups excluding carboxylic acids is 2. The summed E-state index contributed by atoms with van der Waals surface area (Å²) in [5, 5.41) is 9.28. The van der Waals surface area contributed by atoms with Crippen LogP contribution in [0, 0.1) is 6.92 Å². The third kappa shape index (κ3) is 5.27. The first-order chi connectivity index (χ1) is 15.5. The molecule has 0 aromatic heterocycles. The second-order valence-electron chi connectivity index (χ2n) is 8.01.